The van der Waals surface area contributed by atoms with Crippen LogP contribution in [0.2, 0.25) is 0 Å². The summed E-state index contributed by atoms with van der Waals surface area (Å²) in [4.78, 5) is 56.6. The Bertz CT molecular complexity index is 2960. The number of rotatable bonds is 25. The minimum atomic E-state index is -3.64. The highest BCUT2D eigenvalue weighted by Crippen LogP contribution is 2.55. The Morgan fingerprint density at radius 2 is 1.31 bits per heavy atom. The highest BCUT2D eigenvalue weighted by Gasteiger charge is 2.47. The Labute approximate surface area is 438 Å². The third kappa shape index (κ3) is 13.4. The third-order valence-electron chi connectivity index (χ3n) is 13.6. The standard InChI is InChI=1S/C54H70N6O13P2/c1-10-70-75(65,28-25-45-46(30-49(71-45)59-32-38(7)51(62)57-53(59)64)73-74(69-27-14-26-55)60(35(2)3)36(4)5)34-39-29-48(58-31-37(6)50(61)56-52(58)63)72-47(39)33-68-54(40-15-12-11-13-16-40,41-17-21-43(66-8)22-18-41)42-19-23-44(67-9)24-20-42/h11-13,15-24,31-32,35-36,39,45-49H,10,14,25,27-30,33-34H2,1-9H3,(H,56,61,63)(H,57,62,64)/t39-,45-,46+,47-,48-,49-,74?,75?/m1/s1. The van der Waals surface area contributed by atoms with Crippen molar-refractivity contribution in [2.24, 2.45) is 5.92 Å². The van der Waals surface area contributed by atoms with Gasteiger partial charge >= 0.3 is 11.4 Å². The maximum atomic E-state index is 15.6. The molecule has 5 aromatic rings. The van der Waals surface area contributed by atoms with E-state index in [0.29, 0.717) is 22.6 Å². The van der Waals surface area contributed by atoms with E-state index in [1.165, 1.54) is 21.5 Å². The predicted octanol–water partition coefficient (Wildman–Crippen LogP) is 8.29. The molecule has 7 rings (SSSR count). The number of aromatic amines is 2. The third-order valence-corrected chi connectivity index (χ3v) is 18.5. The zero-order valence-corrected chi connectivity index (χ0v) is 45.9. The summed E-state index contributed by atoms with van der Waals surface area (Å²) in [7, 11) is -2.20. The molecule has 2 unspecified atom stereocenters. The molecule has 3 aromatic carbocycles. The van der Waals surface area contributed by atoms with Crippen molar-refractivity contribution in [3.05, 3.63) is 161 Å². The lowest BCUT2D eigenvalue weighted by atomic mass is 9.80. The van der Waals surface area contributed by atoms with Gasteiger partial charge < -0.3 is 37.3 Å². The van der Waals surface area contributed by atoms with E-state index in [1.807, 2.05) is 107 Å². The number of hydrogen-bond acceptors (Lipinski definition) is 15. The molecule has 0 amide bonds. The van der Waals surface area contributed by atoms with Gasteiger partial charge in [0.25, 0.3) is 19.6 Å². The van der Waals surface area contributed by atoms with Crippen molar-refractivity contribution in [2.75, 3.05) is 46.4 Å². The van der Waals surface area contributed by atoms with E-state index in [1.54, 1.807) is 35.0 Å². The van der Waals surface area contributed by atoms with Crippen LogP contribution >= 0.6 is 15.9 Å². The van der Waals surface area contributed by atoms with Crippen LogP contribution in [0.25, 0.3) is 0 Å². The lowest BCUT2D eigenvalue weighted by Crippen LogP contribution is -2.38. The van der Waals surface area contributed by atoms with Crippen LogP contribution in [0.4, 0.5) is 0 Å². The molecule has 2 fully saturated rings. The van der Waals surface area contributed by atoms with Gasteiger partial charge in [-0.15, -0.1) is 0 Å². The second-order valence-electron chi connectivity index (χ2n) is 19.4. The molecule has 2 aromatic heterocycles. The van der Waals surface area contributed by atoms with Crippen molar-refractivity contribution >= 4 is 15.9 Å². The summed E-state index contributed by atoms with van der Waals surface area (Å²) in [5.41, 5.74) is -0.552. The molecule has 2 N–H and O–H groups in total. The Morgan fingerprint density at radius 1 is 0.787 bits per heavy atom. The van der Waals surface area contributed by atoms with Gasteiger partial charge in [-0.2, -0.15) is 5.26 Å². The van der Waals surface area contributed by atoms with Crippen LogP contribution < -0.4 is 32.0 Å². The predicted molar refractivity (Wildman–Crippen MR) is 285 cm³/mol. The molecule has 0 saturated carbocycles. The van der Waals surface area contributed by atoms with Gasteiger partial charge in [-0.25, -0.2) is 14.3 Å². The van der Waals surface area contributed by atoms with E-state index in [0.717, 1.165) is 16.7 Å². The molecule has 19 nitrogen and oxygen atoms in total. The first-order valence-electron chi connectivity index (χ1n) is 25.3. The number of benzene rings is 3. The van der Waals surface area contributed by atoms with Crippen LogP contribution in [0.5, 0.6) is 11.5 Å². The molecule has 2 aliphatic rings. The topological polar surface area (TPSA) is 228 Å². The summed E-state index contributed by atoms with van der Waals surface area (Å²) in [6, 6.07) is 27.2. The normalized spacial score (nSPS) is 21.1. The zero-order chi connectivity index (χ0) is 54.0. The van der Waals surface area contributed by atoms with Crippen LogP contribution in [0.1, 0.15) is 101 Å². The fraction of sp³-hybridized carbons (Fsp3) is 0.500. The maximum Gasteiger partial charge on any atom is 0.330 e. The summed E-state index contributed by atoms with van der Waals surface area (Å²) < 4.78 is 71.9. The number of hydrogen-bond donors (Lipinski definition) is 2. The summed E-state index contributed by atoms with van der Waals surface area (Å²) in [5.74, 6) is 0.784. The van der Waals surface area contributed by atoms with E-state index in [2.05, 4.69) is 20.7 Å². The fourth-order valence-corrected chi connectivity index (χ4v) is 14.4. The van der Waals surface area contributed by atoms with Gasteiger partial charge in [-0.1, -0.05) is 54.6 Å². The van der Waals surface area contributed by atoms with Crippen LogP contribution in [0, 0.1) is 31.1 Å². The number of H-pyrrole nitrogens is 2. The number of ether oxygens (including phenoxy) is 5. The lowest BCUT2D eigenvalue weighted by Gasteiger charge is -2.37. The van der Waals surface area contributed by atoms with E-state index in [9.17, 15) is 24.4 Å². The molecule has 21 heteroatoms. The minimum Gasteiger partial charge on any atom is -0.497 e. The molecule has 4 heterocycles. The van der Waals surface area contributed by atoms with Gasteiger partial charge in [0.15, 0.2) is 0 Å². The molecule has 404 valence electrons. The first-order valence-corrected chi connectivity index (χ1v) is 28.5. The van der Waals surface area contributed by atoms with Gasteiger partial charge in [-0.05, 0) is 102 Å². The number of methoxy groups -OCH3 is 2. The lowest BCUT2D eigenvalue weighted by molar-refractivity contribution is -0.0836. The highest BCUT2D eigenvalue weighted by molar-refractivity contribution is 7.59. The summed E-state index contributed by atoms with van der Waals surface area (Å²) in [5, 5.41) is 9.40. The van der Waals surface area contributed by atoms with Crippen LogP contribution in [0.3, 0.4) is 0 Å². The maximum absolute atomic E-state index is 15.6. The quantitative estimate of drug-likeness (QED) is 0.0318. The van der Waals surface area contributed by atoms with E-state index < -0.39 is 80.7 Å². The van der Waals surface area contributed by atoms with Crippen molar-refractivity contribution in [3.63, 3.8) is 0 Å². The van der Waals surface area contributed by atoms with E-state index in [-0.39, 0.29) is 69.9 Å². The molecule has 0 radical (unpaired) electrons. The number of nitrogens with zero attached hydrogens (tertiary/aromatic N) is 4. The first-order chi connectivity index (χ1) is 35.9. The number of aromatic nitrogens is 4. The van der Waals surface area contributed by atoms with Crippen LogP contribution in [-0.4, -0.2) is 101 Å². The summed E-state index contributed by atoms with van der Waals surface area (Å²) in [6.07, 6.45) is -0.227. The highest BCUT2D eigenvalue weighted by atomic mass is 31.2. The Balaban J connectivity index is 1.25. The monoisotopic (exact) mass is 1070 g/mol. The molecule has 75 heavy (non-hydrogen) atoms. The van der Waals surface area contributed by atoms with Gasteiger partial charge in [0, 0.05) is 60.3 Å². The summed E-state index contributed by atoms with van der Waals surface area (Å²) in [6.45, 7) is 13.3. The first kappa shape index (κ1) is 57.2. The Kier molecular flexibility index (Phi) is 19.5. The van der Waals surface area contributed by atoms with Crippen molar-refractivity contribution in [1.29, 1.82) is 5.26 Å². The van der Waals surface area contributed by atoms with Crippen LogP contribution in [-0.2, 0) is 37.9 Å². The second-order valence-corrected chi connectivity index (χ2v) is 23.5. The zero-order valence-electron chi connectivity index (χ0n) is 44.1. The molecule has 8 atom stereocenters. The van der Waals surface area contributed by atoms with E-state index >= 15 is 4.57 Å². The fourth-order valence-electron chi connectivity index (χ4n) is 9.98. The number of aryl methyl sites for hydroxylation is 2. The smallest absolute Gasteiger partial charge is 0.330 e. The van der Waals surface area contributed by atoms with Crippen molar-refractivity contribution in [1.82, 2.24) is 23.8 Å². The number of nitriles is 1. The van der Waals surface area contributed by atoms with Gasteiger partial charge in [0.05, 0.1) is 64.8 Å². The Morgan fingerprint density at radius 3 is 1.81 bits per heavy atom. The molecular formula is C54H70N6O13P2. The van der Waals surface area contributed by atoms with Crippen molar-refractivity contribution in [2.45, 2.75) is 123 Å². The van der Waals surface area contributed by atoms with Crippen LogP contribution in [0.15, 0.2) is 110 Å². The number of nitrogens with one attached hydrogen (secondary N) is 2. The van der Waals surface area contributed by atoms with Gasteiger partial charge in [0.2, 0.25) is 7.37 Å². The second kappa shape index (κ2) is 25.6. The molecule has 0 spiro atoms. The minimum absolute atomic E-state index is 0.00652. The van der Waals surface area contributed by atoms with Crippen molar-refractivity contribution < 1.29 is 41.8 Å². The van der Waals surface area contributed by atoms with Gasteiger partial charge in [0.1, 0.15) is 29.6 Å². The van der Waals surface area contributed by atoms with E-state index in [4.69, 9.17) is 37.3 Å². The average molecular weight is 1070 g/mol. The Hall–Kier alpha value is -5.51. The molecule has 0 bridgehead atoms. The van der Waals surface area contributed by atoms with Gasteiger partial charge in [-0.3, -0.25) is 33.3 Å². The molecule has 2 aliphatic heterocycles. The largest absolute Gasteiger partial charge is 0.497 e. The molecule has 2 saturated heterocycles. The summed E-state index contributed by atoms with van der Waals surface area (Å²) >= 11 is 0. The molecule has 0 aliphatic carbocycles. The SMILES string of the molecule is CCOP(=O)(CC[C@H]1O[C@@H](n2cc(C)c(=O)[nH]c2=O)C[C@@H]1OP(OCCC#N)N(C(C)C)C(C)C)C[C@H]1C[C@H](n2cc(C)c(=O)[nH]c2=O)O[C@@H]1COC(c1ccccc1)(c1ccc(OC)cc1)c1ccc(OC)cc1. The average Bonchev–Trinajstić information content (AvgIpc) is 3.99. The molecular weight excluding hydrogens is 1000 g/mol. The van der Waals surface area contributed by atoms with Crippen molar-refractivity contribution in [3.8, 4) is 17.6 Å².